The van der Waals surface area contributed by atoms with Crippen LogP contribution in [0, 0.1) is 5.41 Å². The van der Waals surface area contributed by atoms with Crippen molar-refractivity contribution in [2.75, 3.05) is 6.54 Å². The molecule has 0 aromatic heterocycles. The minimum atomic E-state index is -0.0608. The number of halogens is 1. The zero-order chi connectivity index (χ0) is 13.1. The molecule has 1 rings (SSSR count). The Bertz CT molecular complexity index is 418. The second-order valence-corrected chi connectivity index (χ2v) is 6.24. The highest BCUT2D eigenvalue weighted by atomic mass is 79.9. The summed E-state index contributed by atoms with van der Waals surface area (Å²) < 4.78 is 0.794. The quantitative estimate of drug-likeness (QED) is 0.811. The van der Waals surface area contributed by atoms with E-state index in [1.807, 2.05) is 12.1 Å². The molecule has 0 unspecified atom stereocenters. The summed E-state index contributed by atoms with van der Waals surface area (Å²) >= 11 is 7.61. The van der Waals surface area contributed by atoms with Crippen LogP contribution in [0.15, 0.2) is 27.6 Å². The van der Waals surface area contributed by atoms with Crippen LogP contribution in [0.25, 0.3) is 0 Å². The predicted octanol–water partition coefficient (Wildman–Crippen LogP) is 3.90. The highest BCUT2D eigenvalue weighted by molar-refractivity contribution is 9.10. The fourth-order valence-electron chi connectivity index (χ4n) is 1.23. The van der Waals surface area contributed by atoms with Crippen molar-refractivity contribution >= 4 is 34.5 Å². The third-order valence-electron chi connectivity index (χ3n) is 2.88. The monoisotopic (exact) mass is 315 g/mol. The Morgan fingerprint density at radius 1 is 1.47 bits per heavy atom. The molecule has 2 nitrogen and oxygen atoms in total. The highest BCUT2D eigenvalue weighted by Gasteiger charge is 2.17. The predicted molar refractivity (Wildman–Crippen MR) is 77.8 cm³/mol. The van der Waals surface area contributed by atoms with Gasteiger partial charge in [-0.3, -0.25) is 4.79 Å². The summed E-state index contributed by atoms with van der Waals surface area (Å²) in [6.45, 7) is 7.07. The van der Waals surface area contributed by atoms with Crippen molar-refractivity contribution in [2.45, 2.75) is 32.1 Å². The number of nitrogens with one attached hydrogen (secondary N) is 1. The highest BCUT2D eigenvalue weighted by Crippen LogP contribution is 2.21. The Labute approximate surface area is 117 Å². The first-order valence-electron chi connectivity index (χ1n) is 5.62. The van der Waals surface area contributed by atoms with Crippen LogP contribution in [0.5, 0.6) is 0 Å². The van der Waals surface area contributed by atoms with Gasteiger partial charge in [-0.2, -0.15) is 0 Å². The van der Waals surface area contributed by atoms with E-state index in [0.29, 0.717) is 12.1 Å². The summed E-state index contributed by atoms with van der Waals surface area (Å²) in [6.07, 6.45) is 1.03. The Kier molecular flexibility index (Phi) is 5.07. The molecule has 0 bridgehead atoms. The molecule has 4 heteroatoms. The molecule has 1 aromatic carbocycles. The van der Waals surface area contributed by atoms with Gasteiger partial charge in [0.05, 0.1) is 5.56 Å². The Morgan fingerprint density at radius 2 is 2.12 bits per heavy atom. The molecule has 0 saturated heterocycles. The van der Waals surface area contributed by atoms with Crippen LogP contribution in [0.3, 0.4) is 0 Å². The van der Waals surface area contributed by atoms with Crippen molar-refractivity contribution in [3.8, 4) is 0 Å². The Morgan fingerprint density at radius 3 is 2.71 bits per heavy atom. The average Bonchev–Trinajstić information content (AvgIpc) is 2.29. The van der Waals surface area contributed by atoms with Gasteiger partial charge in [0.25, 0.3) is 5.91 Å². The molecule has 0 radical (unpaired) electrons. The van der Waals surface area contributed by atoms with Gasteiger partial charge in [0, 0.05) is 15.9 Å². The summed E-state index contributed by atoms with van der Waals surface area (Å²) in [5, 5.41) is 2.96. The second-order valence-electron chi connectivity index (χ2n) is 4.86. The molecule has 0 aliphatic rings. The zero-order valence-corrected chi connectivity index (χ0v) is 12.9. The molecule has 1 N–H and O–H groups in total. The van der Waals surface area contributed by atoms with Gasteiger partial charge in [0.1, 0.15) is 0 Å². The number of hydrogen-bond acceptors (Lipinski definition) is 2. The SMILES string of the molecule is CCC(C)(C)CNC(=O)c1cc(S)ccc1Br. The second kappa shape index (κ2) is 5.91. The van der Waals surface area contributed by atoms with Gasteiger partial charge >= 0.3 is 0 Å². The van der Waals surface area contributed by atoms with Gasteiger partial charge in [0.2, 0.25) is 0 Å². The largest absolute Gasteiger partial charge is 0.351 e. The lowest BCUT2D eigenvalue weighted by Crippen LogP contribution is -2.33. The van der Waals surface area contributed by atoms with Gasteiger partial charge in [-0.1, -0.05) is 20.8 Å². The van der Waals surface area contributed by atoms with E-state index in [1.54, 1.807) is 6.07 Å². The number of rotatable bonds is 4. The molecule has 0 fully saturated rings. The Balaban J connectivity index is 2.74. The molecule has 0 aliphatic carbocycles. The van der Waals surface area contributed by atoms with Crippen molar-refractivity contribution in [1.29, 1.82) is 0 Å². The number of hydrogen-bond donors (Lipinski definition) is 2. The first-order chi connectivity index (χ1) is 7.85. The first kappa shape index (κ1) is 14.6. The molecule has 0 spiro atoms. The van der Waals surface area contributed by atoms with E-state index in [0.717, 1.165) is 15.8 Å². The number of thiol groups is 1. The lowest BCUT2D eigenvalue weighted by molar-refractivity contribution is 0.0934. The van der Waals surface area contributed by atoms with E-state index in [2.05, 4.69) is 54.6 Å². The maximum Gasteiger partial charge on any atom is 0.252 e. The Hall–Kier alpha value is -0.480. The van der Waals surface area contributed by atoms with Gasteiger partial charge in [-0.25, -0.2) is 0 Å². The summed E-state index contributed by atoms with van der Waals surface area (Å²) in [7, 11) is 0. The van der Waals surface area contributed by atoms with Crippen molar-refractivity contribution in [3.05, 3.63) is 28.2 Å². The number of carbonyl (C=O) groups is 1. The summed E-state index contributed by atoms with van der Waals surface area (Å²) in [4.78, 5) is 12.8. The third kappa shape index (κ3) is 4.36. The fraction of sp³-hybridized carbons (Fsp3) is 0.462. The fourth-order valence-corrected chi connectivity index (χ4v) is 1.86. The van der Waals surface area contributed by atoms with E-state index in [9.17, 15) is 4.79 Å². The van der Waals surface area contributed by atoms with Gasteiger partial charge < -0.3 is 5.32 Å². The average molecular weight is 316 g/mol. The first-order valence-corrected chi connectivity index (χ1v) is 6.86. The maximum atomic E-state index is 12.0. The molecule has 0 saturated carbocycles. The number of benzene rings is 1. The molecule has 0 atom stereocenters. The van der Waals surface area contributed by atoms with Crippen molar-refractivity contribution < 1.29 is 4.79 Å². The van der Waals surface area contributed by atoms with E-state index in [-0.39, 0.29) is 11.3 Å². The zero-order valence-electron chi connectivity index (χ0n) is 10.4. The maximum absolute atomic E-state index is 12.0. The van der Waals surface area contributed by atoms with Crippen molar-refractivity contribution in [3.63, 3.8) is 0 Å². The molecule has 17 heavy (non-hydrogen) atoms. The number of carbonyl (C=O) groups excluding carboxylic acids is 1. The van der Waals surface area contributed by atoms with Crippen LogP contribution in [0.2, 0.25) is 0 Å². The smallest absolute Gasteiger partial charge is 0.252 e. The van der Waals surface area contributed by atoms with E-state index in [4.69, 9.17) is 0 Å². The normalized spacial score (nSPS) is 11.4. The molecule has 0 heterocycles. The summed E-state index contributed by atoms with van der Waals surface area (Å²) in [6, 6.07) is 5.45. The van der Waals surface area contributed by atoms with Gasteiger partial charge in [0.15, 0.2) is 0 Å². The summed E-state index contributed by atoms with van der Waals surface area (Å²) in [5.74, 6) is -0.0608. The number of amides is 1. The topological polar surface area (TPSA) is 29.1 Å². The van der Waals surface area contributed by atoms with Crippen molar-refractivity contribution in [2.24, 2.45) is 5.41 Å². The minimum Gasteiger partial charge on any atom is -0.351 e. The van der Waals surface area contributed by atoms with Gasteiger partial charge in [-0.15, -0.1) is 12.6 Å². The molecular formula is C13H18BrNOS. The van der Waals surface area contributed by atoms with E-state index >= 15 is 0 Å². The molecule has 0 aliphatic heterocycles. The van der Waals surface area contributed by atoms with Crippen LogP contribution < -0.4 is 5.32 Å². The molecular weight excluding hydrogens is 298 g/mol. The van der Waals surface area contributed by atoms with E-state index in [1.165, 1.54) is 0 Å². The van der Waals surface area contributed by atoms with Crippen LogP contribution in [0.4, 0.5) is 0 Å². The standard InChI is InChI=1S/C13H18BrNOS/c1-4-13(2,3)8-15-12(16)10-7-9(17)5-6-11(10)14/h5-7,17H,4,8H2,1-3H3,(H,15,16). The molecule has 94 valence electrons. The van der Waals surface area contributed by atoms with Crippen molar-refractivity contribution in [1.82, 2.24) is 5.32 Å². The van der Waals surface area contributed by atoms with Gasteiger partial charge in [-0.05, 0) is 46.0 Å². The molecule has 1 aromatic rings. The van der Waals surface area contributed by atoms with Crippen LogP contribution in [-0.2, 0) is 0 Å². The summed E-state index contributed by atoms with van der Waals surface area (Å²) in [5.41, 5.74) is 0.755. The third-order valence-corrected chi connectivity index (χ3v) is 3.85. The minimum absolute atomic E-state index is 0.0608. The van der Waals surface area contributed by atoms with Crippen LogP contribution >= 0.6 is 28.6 Å². The lowest BCUT2D eigenvalue weighted by atomic mass is 9.90. The van der Waals surface area contributed by atoms with E-state index < -0.39 is 0 Å². The lowest BCUT2D eigenvalue weighted by Gasteiger charge is -2.23. The van der Waals surface area contributed by atoms with Crippen LogP contribution in [0.1, 0.15) is 37.6 Å². The van der Waals surface area contributed by atoms with Crippen LogP contribution in [-0.4, -0.2) is 12.5 Å². The molecule has 1 amide bonds.